The Balaban J connectivity index is 2.08. The Morgan fingerprint density at radius 1 is 1.42 bits per heavy atom. The molecule has 0 bridgehead atoms. The number of nitro groups is 1. The zero-order valence-electron chi connectivity index (χ0n) is 10.7. The largest absolute Gasteiger partial charge is 0.382 e. The molecule has 2 N–H and O–H groups in total. The molecule has 104 valence electrons. The smallest absolute Gasteiger partial charge is 0.315 e. The van der Waals surface area contributed by atoms with Crippen LogP contribution in [0.15, 0.2) is 18.2 Å². The molecule has 0 aliphatic carbocycles. The quantitative estimate of drug-likeness (QED) is 0.620. The van der Waals surface area contributed by atoms with Gasteiger partial charge in [0.1, 0.15) is 11.4 Å². The molecule has 1 heterocycles. The van der Waals surface area contributed by atoms with E-state index < -0.39 is 4.92 Å². The van der Waals surface area contributed by atoms with Gasteiger partial charge in [0, 0.05) is 13.6 Å². The Kier molecular flexibility index (Phi) is 4.53. The van der Waals surface area contributed by atoms with Crippen molar-refractivity contribution in [1.29, 1.82) is 0 Å². The van der Waals surface area contributed by atoms with Gasteiger partial charge in [-0.1, -0.05) is 6.07 Å². The number of ether oxygens (including phenoxy) is 2. The fourth-order valence-corrected chi connectivity index (χ4v) is 1.96. The second-order valence-corrected chi connectivity index (χ2v) is 4.16. The lowest BCUT2D eigenvalue weighted by atomic mass is 10.2. The van der Waals surface area contributed by atoms with E-state index in [-0.39, 0.29) is 11.8 Å². The zero-order valence-corrected chi connectivity index (χ0v) is 10.7. The predicted molar refractivity (Wildman–Crippen MR) is 71.7 cm³/mol. The van der Waals surface area contributed by atoms with Crippen LogP contribution in [-0.2, 0) is 9.47 Å². The summed E-state index contributed by atoms with van der Waals surface area (Å²) in [6.45, 7) is 2.15. The van der Waals surface area contributed by atoms with Gasteiger partial charge < -0.3 is 20.1 Å². The second kappa shape index (κ2) is 6.35. The van der Waals surface area contributed by atoms with E-state index >= 15 is 0 Å². The summed E-state index contributed by atoms with van der Waals surface area (Å²) in [6, 6.07) is 5.12. The third kappa shape index (κ3) is 3.33. The predicted octanol–water partition coefficient (Wildman–Crippen LogP) is 1.46. The molecule has 0 saturated carbocycles. The molecule has 2 rings (SSSR count). The maximum atomic E-state index is 11.1. The molecule has 0 spiro atoms. The number of para-hydroxylation sites is 1. The molecular weight excluding hydrogens is 250 g/mol. The van der Waals surface area contributed by atoms with Gasteiger partial charge in [-0.3, -0.25) is 10.1 Å². The van der Waals surface area contributed by atoms with E-state index in [2.05, 4.69) is 10.6 Å². The van der Waals surface area contributed by atoms with Crippen molar-refractivity contribution in [3.05, 3.63) is 28.3 Å². The SMILES string of the molecule is CNc1cccc(NCC2COCCO2)c1[N+](=O)[O-]. The third-order valence-corrected chi connectivity index (χ3v) is 2.89. The van der Waals surface area contributed by atoms with E-state index in [1.807, 2.05) is 0 Å². The van der Waals surface area contributed by atoms with Gasteiger partial charge in [0.15, 0.2) is 0 Å². The molecule has 1 saturated heterocycles. The van der Waals surface area contributed by atoms with Crippen LogP contribution in [0.5, 0.6) is 0 Å². The minimum Gasteiger partial charge on any atom is -0.382 e. The summed E-state index contributed by atoms with van der Waals surface area (Å²) in [5.74, 6) is 0. The second-order valence-electron chi connectivity index (χ2n) is 4.16. The molecule has 0 amide bonds. The monoisotopic (exact) mass is 267 g/mol. The van der Waals surface area contributed by atoms with Crippen LogP contribution in [-0.4, -0.2) is 44.4 Å². The van der Waals surface area contributed by atoms with Crippen molar-refractivity contribution in [3.63, 3.8) is 0 Å². The van der Waals surface area contributed by atoms with Crippen LogP contribution >= 0.6 is 0 Å². The van der Waals surface area contributed by atoms with Crippen LogP contribution in [0, 0.1) is 10.1 Å². The Labute approximate surface area is 111 Å². The number of anilines is 2. The van der Waals surface area contributed by atoms with Gasteiger partial charge in [0.25, 0.3) is 0 Å². The van der Waals surface area contributed by atoms with Crippen LogP contribution in [0.1, 0.15) is 0 Å². The maximum Gasteiger partial charge on any atom is 0.315 e. The fourth-order valence-electron chi connectivity index (χ4n) is 1.96. The Hall–Kier alpha value is -1.86. The van der Waals surface area contributed by atoms with E-state index in [0.717, 1.165) is 0 Å². The van der Waals surface area contributed by atoms with Crippen molar-refractivity contribution < 1.29 is 14.4 Å². The van der Waals surface area contributed by atoms with E-state index in [0.29, 0.717) is 37.7 Å². The van der Waals surface area contributed by atoms with E-state index in [4.69, 9.17) is 9.47 Å². The summed E-state index contributed by atoms with van der Waals surface area (Å²) >= 11 is 0. The first-order chi connectivity index (χ1) is 9.22. The van der Waals surface area contributed by atoms with Crippen LogP contribution < -0.4 is 10.6 Å². The number of nitrogens with zero attached hydrogens (tertiary/aromatic N) is 1. The molecular formula is C12H17N3O4. The molecule has 1 fully saturated rings. The minimum absolute atomic E-state index is 0.0433. The zero-order chi connectivity index (χ0) is 13.7. The molecule has 7 heteroatoms. The summed E-state index contributed by atoms with van der Waals surface area (Å²) in [6.07, 6.45) is -0.0772. The van der Waals surface area contributed by atoms with Crippen molar-refractivity contribution in [1.82, 2.24) is 0 Å². The molecule has 0 radical (unpaired) electrons. The molecule has 7 nitrogen and oxygen atoms in total. The summed E-state index contributed by atoms with van der Waals surface area (Å²) < 4.78 is 10.8. The van der Waals surface area contributed by atoms with Gasteiger partial charge in [-0.2, -0.15) is 0 Å². The molecule has 1 atom stereocenters. The number of benzene rings is 1. The summed E-state index contributed by atoms with van der Waals surface area (Å²) in [4.78, 5) is 10.7. The Morgan fingerprint density at radius 2 is 2.21 bits per heavy atom. The highest BCUT2D eigenvalue weighted by Gasteiger charge is 2.20. The first-order valence-corrected chi connectivity index (χ1v) is 6.10. The molecule has 19 heavy (non-hydrogen) atoms. The van der Waals surface area contributed by atoms with Crippen LogP contribution in [0.4, 0.5) is 17.1 Å². The number of nitrogens with one attached hydrogen (secondary N) is 2. The van der Waals surface area contributed by atoms with Crippen molar-refractivity contribution >= 4 is 17.1 Å². The lowest BCUT2D eigenvalue weighted by molar-refractivity contribution is -0.383. The standard InChI is InChI=1S/C12H17N3O4/c1-13-10-3-2-4-11(12(10)15(16)17)14-7-9-8-18-5-6-19-9/h2-4,9,13-14H,5-8H2,1H3. The molecule has 1 aromatic carbocycles. The van der Waals surface area contributed by atoms with Gasteiger partial charge >= 0.3 is 5.69 Å². The van der Waals surface area contributed by atoms with Crippen LogP contribution in [0.3, 0.4) is 0 Å². The van der Waals surface area contributed by atoms with Crippen molar-refractivity contribution in [2.45, 2.75) is 6.10 Å². The lowest BCUT2D eigenvalue weighted by Crippen LogP contribution is -2.34. The molecule has 1 unspecified atom stereocenters. The highest BCUT2D eigenvalue weighted by atomic mass is 16.6. The first-order valence-electron chi connectivity index (χ1n) is 6.10. The Morgan fingerprint density at radius 3 is 2.84 bits per heavy atom. The average molecular weight is 267 g/mol. The molecule has 1 aromatic rings. The van der Waals surface area contributed by atoms with Crippen molar-refractivity contribution in [2.75, 3.05) is 44.0 Å². The highest BCUT2D eigenvalue weighted by molar-refractivity contribution is 5.76. The van der Waals surface area contributed by atoms with Crippen LogP contribution in [0.25, 0.3) is 0 Å². The van der Waals surface area contributed by atoms with Crippen molar-refractivity contribution in [2.24, 2.45) is 0 Å². The van der Waals surface area contributed by atoms with Crippen molar-refractivity contribution in [3.8, 4) is 0 Å². The van der Waals surface area contributed by atoms with Gasteiger partial charge in [-0.15, -0.1) is 0 Å². The summed E-state index contributed by atoms with van der Waals surface area (Å²) in [5.41, 5.74) is 1.00. The van der Waals surface area contributed by atoms with Crippen LogP contribution in [0.2, 0.25) is 0 Å². The van der Waals surface area contributed by atoms with E-state index in [1.54, 1.807) is 25.2 Å². The summed E-state index contributed by atoms with van der Waals surface area (Å²) in [5, 5.41) is 17.0. The molecule has 0 aromatic heterocycles. The van der Waals surface area contributed by atoms with Gasteiger partial charge in [-0.25, -0.2) is 0 Å². The Bertz CT molecular complexity index is 447. The third-order valence-electron chi connectivity index (χ3n) is 2.89. The van der Waals surface area contributed by atoms with E-state index in [9.17, 15) is 10.1 Å². The number of hydrogen-bond donors (Lipinski definition) is 2. The van der Waals surface area contributed by atoms with Gasteiger partial charge in [0.05, 0.1) is 30.8 Å². The maximum absolute atomic E-state index is 11.1. The fraction of sp³-hybridized carbons (Fsp3) is 0.500. The minimum atomic E-state index is -0.396. The topological polar surface area (TPSA) is 85.7 Å². The normalized spacial score (nSPS) is 18.9. The molecule has 1 aliphatic heterocycles. The van der Waals surface area contributed by atoms with E-state index in [1.165, 1.54) is 0 Å². The highest BCUT2D eigenvalue weighted by Crippen LogP contribution is 2.32. The number of nitro benzene ring substituents is 1. The number of hydrogen-bond acceptors (Lipinski definition) is 6. The average Bonchev–Trinajstić information content (AvgIpc) is 2.45. The lowest BCUT2D eigenvalue weighted by Gasteiger charge is -2.23. The number of rotatable bonds is 5. The van der Waals surface area contributed by atoms with Gasteiger partial charge in [0.2, 0.25) is 0 Å². The molecule has 1 aliphatic rings. The first kappa shape index (κ1) is 13.6. The van der Waals surface area contributed by atoms with Gasteiger partial charge in [-0.05, 0) is 12.1 Å². The summed E-state index contributed by atoms with van der Waals surface area (Å²) in [7, 11) is 1.66.